The third kappa shape index (κ3) is 4.41. The summed E-state index contributed by atoms with van der Waals surface area (Å²) in [5.74, 6) is 0. The molecule has 1 aromatic rings. The van der Waals surface area contributed by atoms with Gasteiger partial charge in [-0.2, -0.15) is 0 Å². The molecule has 1 saturated heterocycles. The molecular weight excluding hydrogens is 274 g/mol. The van der Waals surface area contributed by atoms with Crippen molar-refractivity contribution in [2.24, 2.45) is 0 Å². The first kappa shape index (κ1) is 15.7. The van der Waals surface area contributed by atoms with Gasteiger partial charge in [-0.05, 0) is 19.3 Å². The van der Waals surface area contributed by atoms with Crippen molar-refractivity contribution in [1.82, 2.24) is 10.3 Å². The Kier molecular flexibility index (Phi) is 6.72. The summed E-state index contributed by atoms with van der Waals surface area (Å²) in [5.41, 5.74) is 1.07. The standard InChI is InChI=1S/C14H25N3O2S/c1-18-9-6-15-10-13-12(11-19-2)16-14(20-13)17-7-4-3-5-8-17/h15H,3-11H2,1-2H3. The van der Waals surface area contributed by atoms with Crippen molar-refractivity contribution in [3.8, 4) is 0 Å². The lowest BCUT2D eigenvalue weighted by atomic mass is 10.1. The Morgan fingerprint density at radius 3 is 2.70 bits per heavy atom. The molecule has 6 heteroatoms. The van der Waals surface area contributed by atoms with Gasteiger partial charge in [0.15, 0.2) is 5.13 Å². The molecule has 0 bridgehead atoms. The Hall–Kier alpha value is -0.690. The number of aromatic nitrogens is 1. The molecule has 1 fully saturated rings. The van der Waals surface area contributed by atoms with Gasteiger partial charge in [-0.25, -0.2) is 4.98 Å². The van der Waals surface area contributed by atoms with Crippen LogP contribution in [0.4, 0.5) is 5.13 Å². The molecular formula is C14H25N3O2S. The highest BCUT2D eigenvalue weighted by Crippen LogP contribution is 2.29. The number of ether oxygens (including phenoxy) is 2. The van der Waals surface area contributed by atoms with Crippen LogP contribution in [0, 0.1) is 0 Å². The molecule has 1 aliphatic rings. The fourth-order valence-corrected chi connectivity index (χ4v) is 3.44. The van der Waals surface area contributed by atoms with E-state index >= 15 is 0 Å². The van der Waals surface area contributed by atoms with E-state index in [-0.39, 0.29) is 0 Å². The van der Waals surface area contributed by atoms with Gasteiger partial charge in [0.2, 0.25) is 0 Å². The van der Waals surface area contributed by atoms with Gasteiger partial charge in [0, 0.05) is 45.3 Å². The smallest absolute Gasteiger partial charge is 0.185 e. The topological polar surface area (TPSA) is 46.6 Å². The van der Waals surface area contributed by atoms with Crippen LogP contribution in [0.15, 0.2) is 0 Å². The highest BCUT2D eigenvalue weighted by Gasteiger charge is 2.17. The summed E-state index contributed by atoms with van der Waals surface area (Å²) in [5, 5.41) is 4.54. The average Bonchev–Trinajstić information content (AvgIpc) is 2.88. The molecule has 0 saturated carbocycles. The van der Waals surface area contributed by atoms with Crippen LogP contribution in [0.25, 0.3) is 0 Å². The maximum atomic E-state index is 5.27. The molecule has 2 heterocycles. The van der Waals surface area contributed by atoms with Gasteiger partial charge in [-0.15, -0.1) is 11.3 Å². The predicted molar refractivity (Wildman–Crippen MR) is 82.5 cm³/mol. The first-order chi connectivity index (χ1) is 9.85. The predicted octanol–water partition coefficient (Wildman–Crippen LogP) is 2.02. The van der Waals surface area contributed by atoms with Crippen LogP contribution in [0.5, 0.6) is 0 Å². The summed E-state index contributed by atoms with van der Waals surface area (Å²) in [7, 11) is 3.45. The minimum Gasteiger partial charge on any atom is -0.383 e. The van der Waals surface area contributed by atoms with Gasteiger partial charge in [0.25, 0.3) is 0 Å². The second-order valence-electron chi connectivity index (χ2n) is 5.02. The normalized spacial score (nSPS) is 15.8. The Balaban J connectivity index is 1.98. The number of rotatable bonds is 8. The molecule has 0 unspecified atom stereocenters. The Morgan fingerprint density at radius 2 is 2.00 bits per heavy atom. The number of thiazole rings is 1. The fourth-order valence-electron chi connectivity index (χ4n) is 2.35. The molecule has 2 rings (SSSR count). The highest BCUT2D eigenvalue weighted by atomic mass is 32.1. The van der Waals surface area contributed by atoms with Crippen molar-refractivity contribution in [3.05, 3.63) is 10.6 Å². The largest absolute Gasteiger partial charge is 0.383 e. The van der Waals surface area contributed by atoms with Crippen molar-refractivity contribution in [1.29, 1.82) is 0 Å². The number of anilines is 1. The molecule has 0 spiro atoms. The van der Waals surface area contributed by atoms with E-state index in [4.69, 9.17) is 14.5 Å². The van der Waals surface area contributed by atoms with Crippen molar-refractivity contribution in [2.75, 3.05) is 45.4 Å². The van der Waals surface area contributed by atoms with Crippen molar-refractivity contribution >= 4 is 16.5 Å². The lowest BCUT2D eigenvalue weighted by molar-refractivity contribution is 0.181. The Bertz CT molecular complexity index is 392. The third-order valence-corrected chi connectivity index (χ3v) is 4.60. The van der Waals surface area contributed by atoms with E-state index in [0.717, 1.165) is 43.6 Å². The summed E-state index contributed by atoms with van der Waals surface area (Å²) in [4.78, 5) is 8.46. The first-order valence-electron chi connectivity index (χ1n) is 7.27. The van der Waals surface area contributed by atoms with Crippen molar-refractivity contribution in [2.45, 2.75) is 32.4 Å². The lowest BCUT2D eigenvalue weighted by Gasteiger charge is -2.25. The number of nitrogens with zero attached hydrogens (tertiary/aromatic N) is 2. The van der Waals surface area contributed by atoms with Crippen LogP contribution >= 0.6 is 11.3 Å². The maximum absolute atomic E-state index is 5.27. The number of nitrogens with one attached hydrogen (secondary N) is 1. The van der Waals surface area contributed by atoms with Crippen LogP contribution in [0.3, 0.4) is 0 Å². The molecule has 0 aliphatic carbocycles. The molecule has 1 aliphatic heterocycles. The van der Waals surface area contributed by atoms with Crippen molar-refractivity contribution in [3.63, 3.8) is 0 Å². The molecule has 1 aromatic heterocycles. The van der Waals surface area contributed by atoms with Gasteiger partial charge in [-0.3, -0.25) is 0 Å². The summed E-state index contributed by atoms with van der Waals surface area (Å²) < 4.78 is 10.3. The summed E-state index contributed by atoms with van der Waals surface area (Å²) in [6, 6.07) is 0. The summed E-state index contributed by atoms with van der Waals surface area (Å²) >= 11 is 1.80. The van der Waals surface area contributed by atoms with Gasteiger partial charge >= 0.3 is 0 Å². The van der Waals surface area contributed by atoms with Crippen LogP contribution in [0.1, 0.15) is 29.8 Å². The molecule has 0 radical (unpaired) electrons. The Labute approximate surface area is 125 Å². The minimum absolute atomic E-state index is 0.589. The monoisotopic (exact) mass is 299 g/mol. The average molecular weight is 299 g/mol. The molecule has 20 heavy (non-hydrogen) atoms. The van der Waals surface area contributed by atoms with Gasteiger partial charge in [-0.1, -0.05) is 0 Å². The van der Waals surface area contributed by atoms with Crippen LogP contribution in [0.2, 0.25) is 0 Å². The molecule has 1 N–H and O–H groups in total. The van der Waals surface area contributed by atoms with Crippen molar-refractivity contribution < 1.29 is 9.47 Å². The van der Waals surface area contributed by atoms with E-state index in [1.165, 1.54) is 24.1 Å². The highest BCUT2D eigenvalue weighted by molar-refractivity contribution is 7.15. The second-order valence-corrected chi connectivity index (χ2v) is 6.08. The van der Waals surface area contributed by atoms with E-state index in [9.17, 15) is 0 Å². The SMILES string of the molecule is COCCNCc1sc(N2CCCCC2)nc1COC. The van der Waals surface area contributed by atoms with Crippen LogP contribution in [-0.2, 0) is 22.6 Å². The number of piperidine rings is 1. The molecule has 114 valence electrons. The molecule has 0 atom stereocenters. The first-order valence-corrected chi connectivity index (χ1v) is 8.09. The lowest BCUT2D eigenvalue weighted by Crippen LogP contribution is -2.29. The molecule has 0 aromatic carbocycles. The second kappa shape index (κ2) is 8.56. The zero-order valence-corrected chi connectivity index (χ0v) is 13.3. The van der Waals surface area contributed by atoms with E-state index < -0.39 is 0 Å². The number of hydrogen-bond acceptors (Lipinski definition) is 6. The zero-order chi connectivity index (χ0) is 14.2. The van der Waals surface area contributed by atoms with Gasteiger partial charge in [0.05, 0.1) is 18.9 Å². The number of methoxy groups -OCH3 is 2. The van der Waals surface area contributed by atoms with Gasteiger partial charge < -0.3 is 19.7 Å². The summed E-state index contributed by atoms with van der Waals surface area (Å²) in [6.07, 6.45) is 3.90. The van der Waals surface area contributed by atoms with Crippen LogP contribution < -0.4 is 10.2 Å². The van der Waals surface area contributed by atoms with E-state index in [2.05, 4.69) is 10.2 Å². The van der Waals surface area contributed by atoms with Gasteiger partial charge in [0.1, 0.15) is 0 Å². The maximum Gasteiger partial charge on any atom is 0.185 e. The fraction of sp³-hybridized carbons (Fsp3) is 0.786. The van der Waals surface area contributed by atoms with E-state index in [1.54, 1.807) is 25.6 Å². The molecule has 0 amide bonds. The molecule has 5 nitrogen and oxygen atoms in total. The third-order valence-electron chi connectivity index (χ3n) is 3.44. The quantitative estimate of drug-likeness (QED) is 0.744. The van der Waals surface area contributed by atoms with E-state index in [0.29, 0.717) is 6.61 Å². The summed E-state index contributed by atoms with van der Waals surface area (Å²) in [6.45, 7) is 5.30. The Morgan fingerprint density at radius 1 is 1.20 bits per heavy atom. The minimum atomic E-state index is 0.589. The zero-order valence-electron chi connectivity index (χ0n) is 12.5. The van der Waals surface area contributed by atoms with Crippen LogP contribution in [-0.4, -0.2) is 45.4 Å². The number of hydrogen-bond donors (Lipinski definition) is 1. The van der Waals surface area contributed by atoms with E-state index in [1.807, 2.05) is 0 Å².